The van der Waals surface area contributed by atoms with Gasteiger partial charge in [-0.05, 0) is 25.0 Å². The molecule has 0 atom stereocenters. The van der Waals surface area contributed by atoms with Gasteiger partial charge >= 0.3 is 0 Å². The molecule has 1 aliphatic carbocycles. The third kappa shape index (κ3) is 2.58. The number of aromatic nitrogens is 2. The van der Waals surface area contributed by atoms with Crippen LogP contribution in [0.4, 0.5) is 0 Å². The maximum Gasteiger partial charge on any atom is 0.241 e. The summed E-state index contributed by atoms with van der Waals surface area (Å²) in [6.45, 7) is 0. The van der Waals surface area contributed by atoms with Crippen LogP contribution in [0.5, 0.6) is 0 Å². The van der Waals surface area contributed by atoms with Crippen LogP contribution in [0.25, 0.3) is 0 Å². The van der Waals surface area contributed by atoms with E-state index in [2.05, 4.69) is 10.1 Å². The first-order chi connectivity index (χ1) is 9.67. The summed E-state index contributed by atoms with van der Waals surface area (Å²) in [5, 5.41) is 4.47. The molecular weight excluding hydrogens is 299 g/mol. The fourth-order valence-electron chi connectivity index (χ4n) is 2.41. The first kappa shape index (κ1) is 13.6. The minimum absolute atomic E-state index is 0.0106. The van der Waals surface area contributed by atoms with E-state index in [4.69, 9.17) is 27.7 Å². The van der Waals surface area contributed by atoms with E-state index in [-0.39, 0.29) is 23.5 Å². The largest absolute Gasteiger partial charge is 0.338 e. The monoisotopic (exact) mass is 310 g/mol. The van der Waals surface area contributed by atoms with Crippen molar-refractivity contribution < 1.29 is 9.32 Å². The molecule has 0 aliphatic heterocycles. The van der Waals surface area contributed by atoms with Crippen molar-refractivity contribution in [1.29, 1.82) is 0 Å². The molecule has 1 saturated carbocycles. The van der Waals surface area contributed by atoms with E-state index in [0.29, 0.717) is 22.3 Å². The number of ketones is 1. The van der Waals surface area contributed by atoms with Gasteiger partial charge in [0.25, 0.3) is 0 Å². The molecule has 20 heavy (non-hydrogen) atoms. The maximum atomic E-state index is 12.3. The van der Waals surface area contributed by atoms with Gasteiger partial charge < -0.3 is 4.52 Å². The van der Waals surface area contributed by atoms with Gasteiger partial charge in [-0.1, -0.05) is 28.9 Å². The number of nitrogens with zero attached hydrogens (tertiary/aromatic N) is 2. The Morgan fingerprint density at radius 1 is 1.40 bits per heavy atom. The molecule has 1 heterocycles. The smallest absolute Gasteiger partial charge is 0.241 e. The zero-order valence-corrected chi connectivity index (χ0v) is 12.1. The summed E-state index contributed by atoms with van der Waals surface area (Å²) >= 11 is 11.5. The van der Waals surface area contributed by atoms with E-state index in [9.17, 15) is 4.79 Å². The molecule has 4 nitrogen and oxygen atoms in total. The topological polar surface area (TPSA) is 56.0 Å². The van der Waals surface area contributed by atoms with E-state index < -0.39 is 0 Å². The molecule has 0 bridgehead atoms. The van der Waals surface area contributed by atoms with Gasteiger partial charge in [0.15, 0.2) is 11.6 Å². The first-order valence-electron chi connectivity index (χ1n) is 6.35. The van der Waals surface area contributed by atoms with Crippen molar-refractivity contribution >= 4 is 29.0 Å². The van der Waals surface area contributed by atoms with Crippen molar-refractivity contribution in [3.05, 3.63) is 46.6 Å². The van der Waals surface area contributed by atoms with Crippen LogP contribution in [0.1, 0.15) is 40.8 Å². The molecule has 3 rings (SSSR count). The molecule has 1 aromatic heterocycles. The highest BCUT2D eigenvalue weighted by molar-refractivity contribution is 6.31. The summed E-state index contributed by atoms with van der Waals surface area (Å²) in [6.07, 6.45) is 1.49. The fraction of sp³-hybridized carbons (Fsp3) is 0.357. The quantitative estimate of drug-likeness (QED) is 0.636. The molecule has 1 aliphatic rings. The van der Waals surface area contributed by atoms with Crippen LogP contribution < -0.4 is 0 Å². The average Bonchev–Trinajstić information content (AvgIpc) is 2.85. The average molecular weight is 311 g/mol. The van der Waals surface area contributed by atoms with Crippen molar-refractivity contribution in [1.82, 2.24) is 10.1 Å². The van der Waals surface area contributed by atoms with Crippen molar-refractivity contribution in [2.75, 3.05) is 0 Å². The van der Waals surface area contributed by atoms with Crippen LogP contribution in [0.3, 0.4) is 0 Å². The molecule has 6 heteroatoms. The number of carbonyl (C=O) groups excluding carboxylic acids is 1. The van der Waals surface area contributed by atoms with Gasteiger partial charge in [-0.15, -0.1) is 11.6 Å². The summed E-state index contributed by atoms with van der Waals surface area (Å²) < 4.78 is 4.97. The highest BCUT2D eigenvalue weighted by Gasteiger charge is 2.38. The Balaban J connectivity index is 1.64. The molecule has 2 aromatic rings. The number of Topliss-reactive ketones (excluding diaryl/α,β-unsaturated/α-hetero) is 1. The van der Waals surface area contributed by atoms with Crippen LogP contribution in [-0.4, -0.2) is 15.9 Å². The van der Waals surface area contributed by atoms with Gasteiger partial charge in [0.1, 0.15) is 5.88 Å². The lowest BCUT2D eigenvalue weighted by molar-refractivity contribution is 0.0824. The molecule has 0 spiro atoms. The molecule has 0 saturated heterocycles. The molecule has 104 valence electrons. The van der Waals surface area contributed by atoms with Gasteiger partial charge in [0, 0.05) is 22.4 Å². The van der Waals surface area contributed by atoms with Gasteiger partial charge in [0.2, 0.25) is 5.89 Å². The van der Waals surface area contributed by atoms with E-state index in [1.807, 2.05) is 0 Å². The number of rotatable bonds is 4. The molecule has 0 radical (unpaired) electrons. The maximum absolute atomic E-state index is 12.3. The number of benzene rings is 1. The predicted octanol–water partition coefficient (Wildman–Crippen LogP) is 3.84. The first-order valence-corrected chi connectivity index (χ1v) is 7.27. The molecule has 0 N–H and O–H groups in total. The third-order valence-electron chi connectivity index (χ3n) is 3.58. The highest BCUT2D eigenvalue weighted by Crippen LogP contribution is 2.42. The molecule has 1 aromatic carbocycles. The Morgan fingerprint density at radius 3 is 2.85 bits per heavy atom. The zero-order chi connectivity index (χ0) is 14.1. The number of hydrogen-bond acceptors (Lipinski definition) is 4. The second kappa shape index (κ2) is 5.54. The van der Waals surface area contributed by atoms with Gasteiger partial charge in [-0.3, -0.25) is 4.79 Å². The van der Waals surface area contributed by atoms with E-state index in [1.165, 1.54) is 0 Å². The lowest BCUT2D eigenvalue weighted by Crippen LogP contribution is -2.29. The minimum atomic E-state index is 0.0106. The molecule has 0 unspecified atom stereocenters. The molecular formula is C14H12Cl2N2O2. The van der Waals surface area contributed by atoms with Crippen molar-refractivity contribution in [2.45, 2.75) is 24.6 Å². The van der Waals surface area contributed by atoms with Crippen LogP contribution in [-0.2, 0) is 5.88 Å². The molecule has 1 fully saturated rings. The van der Waals surface area contributed by atoms with Crippen LogP contribution in [0, 0.1) is 5.92 Å². The van der Waals surface area contributed by atoms with Crippen LogP contribution in [0.15, 0.2) is 28.8 Å². The summed E-state index contributed by atoms with van der Waals surface area (Å²) in [4.78, 5) is 16.5. The summed E-state index contributed by atoms with van der Waals surface area (Å²) in [7, 11) is 0. The van der Waals surface area contributed by atoms with Gasteiger partial charge in [-0.2, -0.15) is 4.98 Å². The second-order valence-corrected chi connectivity index (χ2v) is 5.62. The Labute approximate surface area is 126 Å². The SMILES string of the molecule is O=C(c1cccc(Cl)c1)C1CC(c2noc(CCl)n2)C1. The number of halogens is 2. The van der Waals surface area contributed by atoms with Crippen molar-refractivity contribution in [3.8, 4) is 0 Å². The summed E-state index contributed by atoms with van der Waals surface area (Å²) in [5.74, 6) is 1.61. The minimum Gasteiger partial charge on any atom is -0.338 e. The zero-order valence-electron chi connectivity index (χ0n) is 10.6. The summed E-state index contributed by atoms with van der Waals surface area (Å²) in [6, 6.07) is 7.05. The lowest BCUT2D eigenvalue weighted by atomic mass is 9.71. The second-order valence-electron chi connectivity index (χ2n) is 4.92. The Hall–Kier alpha value is -1.39. The number of hydrogen-bond donors (Lipinski definition) is 0. The standard InChI is InChI=1S/C14H12Cl2N2O2/c15-7-12-17-14(18-20-12)10-4-9(5-10)13(19)8-2-1-3-11(16)6-8/h1-3,6,9-10H,4-5,7H2. The van der Waals surface area contributed by atoms with E-state index >= 15 is 0 Å². The fourth-order valence-corrected chi connectivity index (χ4v) is 2.71. The van der Waals surface area contributed by atoms with Crippen molar-refractivity contribution in [3.63, 3.8) is 0 Å². The van der Waals surface area contributed by atoms with Crippen LogP contribution >= 0.6 is 23.2 Å². The normalized spacial score (nSPS) is 21.5. The van der Waals surface area contributed by atoms with Crippen LogP contribution in [0.2, 0.25) is 5.02 Å². The number of alkyl halides is 1. The van der Waals surface area contributed by atoms with Gasteiger partial charge in [-0.25, -0.2) is 0 Å². The van der Waals surface area contributed by atoms with Gasteiger partial charge in [0.05, 0.1) is 0 Å². The lowest BCUT2D eigenvalue weighted by Gasteiger charge is -2.31. The summed E-state index contributed by atoms with van der Waals surface area (Å²) in [5.41, 5.74) is 0.663. The van der Waals surface area contributed by atoms with E-state index in [0.717, 1.165) is 12.8 Å². The highest BCUT2D eigenvalue weighted by atomic mass is 35.5. The Bertz CT molecular complexity index is 636. The Kier molecular flexibility index (Phi) is 3.76. The molecule has 0 amide bonds. The number of carbonyl (C=O) groups is 1. The predicted molar refractivity (Wildman–Crippen MR) is 75.1 cm³/mol. The third-order valence-corrected chi connectivity index (χ3v) is 4.04. The van der Waals surface area contributed by atoms with E-state index in [1.54, 1.807) is 24.3 Å². The Morgan fingerprint density at radius 2 is 2.20 bits per heavy atom. The van der Waals surface area contributed by atoms with Crippen molar-refractivity contribution in [2.24, 2.45) is 5.92 Å².